The Kier molecular flexibility index (Phi) is 6.18. The Hall–Kier alpha value is -3.75. The molecule has 0 aliphatic carbocycles. The van der Waals surface area contributed by atoms with Crippen LogP contribution < -0.4 is 23.7 Å². The molecule has 0 radical (unpaired) electrons. The maximum absolute atomic E-state index is 5.44. The molecular formula is C20H22N4O5. The number of nitrogens with one attached hydrogen (secondary N) is 1. The molecule has 0 bridgehead atoms. The Bertz CT molecular complexity index is 977. The van der Waals surface area contributed by atoms with Gasteiger partial charge in [0.25, 0.3) is 0 Å². The number of tetrazole rings is 1. The summed E-state index contributed by atoms with van der Waals surface area (Å²) in [5.41, 5.74) is 2.33. The first-order chi connectivity index (χ1) is 14.1. The van der Waals surface area contributed by atoms with Crippen molar-refractivity contribution in [1.82, 2.24) is 20.6 Å². The maximum Gasteiger partial charge on any atom is 0.205 e. The van der Waals surface area contributed by atoms with Crippen LogP contribution in [0.1, 0.15) is 17.0 Å². The van der Waals surface area contributed by atoms with E-state index in [0.29, 0.717) is 40.1 Å². The first-order valence-electron chi connectivity index (χ1n) is 8.63. The highest BCUT2D eigenvalue weighted by Crippen LogP contribution is 2.40. The monoisotopic (exact) mass is 398 g/mol. The molecule has 0 unspecified atom stereocenters. The van der Waals surface area contributed by atoms with Gasteiger partial charge in [0.05, 0.1) is 35.5 Å². The standard InChI is InChI=1S/C20H22N4O5/c1-25-15-7-6-13(11-16(15)26-2)14(20-21-23-24-22-20)8-12-9-17(27-3)19(29-5)18(10-12)28-4/h6-11H,1-5H3,(H,21,22,23,24)/b14-8-. The lowest BCUT2D eigenvalue weighted by molar-refractivity contribution is 0.324. The molecule has 0 aliphatic heterocycles. The van der Waals surface area contributed by atoms with Crippen molar-refractivity contribution in [3.05, 3.63) is 47.3 Å². The quantitative estimate of drug-likeness (QED) is 0.578. The highest BCUT2D eigenvalue weighted by atomic mass is 16.5. The molecule has 1 aromatic heterocycles. The fourth-order valence-electron chi connectivity index (χ4n) is 2.91. The highest BCUT2D eigenvalue weighted by Gasteiger charge is 2.16. The summed E-state index contributed by atoms with van der Waals surface area (Å²) in [6, 6.07) is 9.22. The molecule has 3 rings (SSSR count). The van der Waals surface area contributed by atoms with Crippen molar-refractivity contribution in [1.29, 1.82) is 0 Å². The molecule has 0 amide bonds. The highest BCUT2D eigenvalue weighted by molar-refractivity contribution is 5.90. The zero-order valence-corrected chi connectivity index (χ0v) is 16.8. The van der Waals surface area contributed by atoms with Crippen LogP contribution in [-0.4, -0.2) is 56.2 Å². The Morgan fingerprint density at radius 3 is 1.97 bits per heavy atom. The van der Waals surface area contributed by atoms with Crippen LogP contribution in [0.15, 0.2) is 30.3 Å². The second-order valence-electron chi connectivity index (χ2n) is 5.82. The minimum atomic E-state index is 0.422. The van der Waals surface area contributed by atoms with Crippen molar-refractivity contribution in [2.75, 3.05) is 35.5 Å². The third kappa shape index (κ3) is 4.08. The van der Waals surface area contributed by atoms with Crippen LogP contribution in [0.25, 0.3) is 11.6 Å². The predicted molar refractivity (Wildman–Crippen MR) is 107 cm³/mol. The van der Waals surface area contributed by atoms with Gasteiger partial charge < -0.3 is 23.7 Å². The topological polar surface area (TPSA) is 101 Å². The van der Waals surface area contributed by atoms with Gasteiger partial charge in [-0.1, -0.05) is 6.07 Å². The molecule has 29 heavy (non-hydrogen) atoms. The molecule has 9 nitrogen and oxygen atoms in total. The normalized spacial score (nSPS) is 11.1. The minimum absolute atomic E-state index is 0.422. The number of H-pyrrole nitrogens is 1. The second-order valence-corrected chi connectivity index (χ2v) is 5.82. The van der Waals surface area contributed by atoms with E-state index in [1.54, 1.807) is 35.5 Å². The van der Waals surface area contributed by atoms with Gasteiger partial charge in [-0.3, -0.25) is 0 Å². The van der Waals surface area contributed by atoms with Crippen LogP contribution in [-0.2, 0) is 0 Å². The van der Waals surface area contributed by atoms with E-state index >= 15 is 0 Å². The van der Waals surface area contributed by atoms with Crippen LogP contribution in [0, 0.1) is 0 Å². The van der Waals surface area contributed by atoms with Crippen LogP contribution in [0.2, 0.25) is 0 Å². The summed E-state index contributed by atoms with van der Waals surface area (Å²) in [4.78, 5) is 0. The molecule has 1 heterocycles. The molecule has 0 saturated heterocycles. The molecule has 1 N–H and O–H groups in total. The predicted octanol–water partition coefficient (Wildman–Crippen LogP) is 2.83. The fourth-order valence-corrected chi connectivity index (χ4v) is 2.91. The largest absolute Gasteiger partial charge is 0.493 e. The number of ether oxygens (including phenoxy) is 5. The zero-order chi connectivity index (χ0) is 20.8. The fraction of sp³-hybridized carbons (Fsp3) is 0.250. The third-order valence-corrected chi connectivity index (χ3v) is 4.28. The number of aromatic amines is 1. The average molecular weight is 398 g/mol. The molecule has 3 aromatic rings. The van der Waals surface area contributed by atoms with Crippen molar-refractivity contribution in [2.45, 2.75) is 0 Å². The Morgan fingerprint density at radius 1 is 0.793 bits per heavy atom. The van der Waals surface area contributed by atoms with Gasteiger partial charge in [-0.25, -0.2) is 0 Å². The Labute approximate surface area is 168 Å². The lowest BCUT2D eigenvalue weighted by Gasteiger charge is -2.14. The van der Waals surface area contributed by atoms with E-state index in [9.17, 15) is 0 Å². The van der Waals surface area contributed by atoms with Crippen LogP contribution in [0.5, 0.6) is 28.7 Å². The summed E-state index contributed by atoms with van der Waals surface area (Å²) in [5.74, 6) is 3.22. The van der Waals surface area contributed by atoms with E-state index in [4.69, 9.17) is 23.7 Å². The smallest absolute Gasteiger partial charge is 0.205 e. The van der Waals surface area contributed by atoms with Gasteiger partial charge in [0.1, 0.15) is 0 Å². The molecule has 152 valence electrons. The summed E-state index contributed by atoms with van der Waals surface area (Å²) in [7, 11) is 7.87. The van der Waals surface area contributed by atoms with E-state index in [-0.39, 0.29) is 0 Å². The maximum atomic E-state index is 5.44. The van der Waals surface area contributed by atoms with E-state index in [1.807, 2.05) is 36.4 Å². The van der Waals surface area contributed by atoms with Gasteiger partial charge >= 0.3 is 0 Å². The summed E-state index contributed by atoms with van der Waals surface area (Å²) in [6.07, 6.45) is 1.90. The average Bonchev–Trinajstić information content (AvgIpc) is 3.30. The molecule has 2 aromatic carbocycles. The van der Waals surface area contributed by atoms with Crippen molar-refractivity contribution >= 4 is 11.6 Å². The lowest BCUT2D eigenvalue weighted by Crippen LogP contribution is -1.97. The van der Waals surface area contributed by atoms with Gasteiger partial charge in [0.2, 0.25) is 11.6 Å². The van der Waals surface area contributed by atoms with Gasteiger partial charge in [-0.05, 0) is 46.7 Å². The van der Waals surface area contributed by atoms with E-state index in [2.05, 4.69) is 20.6 Å². The van der Waals surface area contributed by atoms with Crippen LogP contribution in [0.4, 0.5) is 0 Å². The lowest BCUT2D eigenvalue weighted by atomic mass is 10.0. The molecule has 0 fully saturated rings. The summed E-state index contributed by atoms with van der Waals surface area (Å²) >= 11 is 0. The molecule has 0 aliphatic rings. The number of benzene rings is 2. The number of hydrogen-bond donors (Lipinski definition) is 1. The molecular weight excluding hydrogens is 376 g/mol. The SMILES string of the molecule is COc1ccc(/C(=C/c2cc(OC)c(OC)c(OC)c2)c2nn[nH]n2)cc1OC. The van der Waals surface area contributed by atoms with E-state index in [1.165, 1.54) is 0 Å². The first kappa shape index (κ1) is 20.0. The number of aromatic nitrogens is 4. The number of nitrogens with zero attached hydrogens (tertiary/aromatic N) is 3. The van der Waals surface area contributed by atoms with Gasteiger partial charge in [-0.15, -0.1) is 10.2 Å². The number of methoxy groups -OCH3 is 5. The van der Waals surface area contributed by atoms with Crippen LogP contribution in [0.3, 0.4) is 0 Å². The molecule has 0 atom stereocenters. The number of rotatable bonds is 8. The van der Waals surface area contributed by atoms with Gasteiger partial charge in [-0.2, -0.15) is 5.21 Å². The Morgan fingerprint density at radius 2 is 1.45 bits per heavy atom. The Balaban J connectivity index is 2.18. The molecule has 9 heteroatoms. The summed E-state index contributed by atoms with van der Waals surface area (Å²) in [5, 5.41) is 14.4. The number of hydrogen-bond acceptors (Lipinski definition) is 8. The first-order valence-corrected chi connectivity index (χ1v) is 8.63. The van der Waals surface area contributed by atoms with Crippen molar-refractivity contribution < 1.29 is 23.7 Å². The summed E-state index contributed by atoms with van der Waals surface area (Å²) in [6.45, 7) is 0. The third-order valence-electron chi connectivity index (χ3n) is 4.28. The van der Waals surface area contributed by atoms with Crippen molar-refractivity contribution in [3.63, 3.8) is 0 Å². The second kappa shape index (κ2) is 8.96. The van der Waals surface area contributed by atoms with Crippen molar-refractivity contribution in [3.8, 4) is 28.7 Å². The van der Waals surface area contributed by atoms with Gasteiger partial charge in [0.15, 0.2) is 23.0 Å². The molecule has 0 saturated carbocycles. The van der Waals surface area contributed by atoms with Crippen LogP contribution >= 0.6 is 0 Å². The van der Waals surface area contributed by atoms with Crippen molar-refractivity contribution in [2.24, 2.45) is 0 Å². The minimum Gasteiger partial charge on any atom is -0.493 e. The van der Waals surface area contributed by atoms with E-state index in [0.717, 1.165) is 11.1 Å². The summed E-state index contributed by atoms with van der Waals surface area (Å²) < 4.78 is 27.0. The zero-order valence-electron chi connectivity index (χ0n) is 16.8. The van der Waals surface area contributed by atoms with Gasteiger partial charge in [0, 0.05) is 5.57 Å². The van der Waals surface area contributed by atoms with E-state index < -0.39 is 0 Å². The molecule has 0 spiro atoms.